The summed E-state index contributed by atoms with van der Waals surface area (Å²) < 4.78 is 4.89. The van der Waals surface area contributed by atoms with Crippen molar-refractivity contribution < 1.29 is 9.32 Å². The standard InChI is InChI=1S/C9H15N3O2/c1-6-4-8(12-14-6)5-11-7(2)9(13)10-3/h4,7,11H,5H2,1-3H3,(H,10,13). The highest BCUT2D eigenvalue weighted by atomic mass is 16.5. The zero-order chi connectivity index (χ0) is 10.6. The third kappa shape index (κ3) is 2.85. The first-order valence-corrected chi connectivity index (χ1v) is 4.50. The Labute approximate surface area is 82.8 Å². The van der Waals surface area contributed by atoms with Crippen molar-refractivity contribution in [2.75, 3.05) is 7.05 Å². The van der Waals surface area contributed by atoms with E-state index in [1.165, 1.54) is 0 Å². The molecule has 2 N–H and O–H groups in total. The maximum atomic E-state index is 11.1. The van der Waals surface area contributed by atoms with Crippen molar-refractivity contribution in [1.29, 1.82) is 0 Å². The molecule has 1 rings (SSSR count). The Balaban J connectivity index is 2.37. The van der Waals surface area contributed by atoms with Gasteiger partial charge in [-0.15, -0.1) is 0 Å². The number of hydrogen-bond donors (Lipinski definition) is 2. The van der Waals surface area contributed by atoms with Gasteiger partial charge in [-0.25, -0.2) is 0 Å². The molecule has 0 fully saturated rings. The lowest BCUT2D eigenvalue weighted by molar-refractivity contribution is -0.122. The van der Waals surface area contributed by atoms with Gasteiger partial charge in [-0.3, -0.25) is 4.79 Å². The Bertz CT molecular complexity index is 309. The van der Waals surface area contributed by atoms with Gasteiger partial charge < -0.3 is 15.2 Å². The van der Waals surface area contributed by atoms with Gasteiger partial charge in [0.2, 0.25) is 5.91 Å². The Morgan fingerprint density at radius 2 is 2.43 bits per heavy atom. The number of nitrogens with zero attached hydrogens (tertiary/aromatic N) is 1. The van der Waals surface area contributed by atoms with Crippen LogP contribution in [0, 0.1) is 6.92 Å². The third-order valence-electron chi connectivity index (χ3n) is 1.91. The molecule has 5 nitrogen and oxygen atoms in total. The summed E-state index contributed by atoms with van der Waals surface area (Å²) in [5, 5.41) is 9.39. The van der Waals surface area contributed by atoms with Crippen LogP contribution in [0.2, 0.25) is 0 Å². The monoisotopic (exact) mass is 197 g/mol. The van der Waals surface area contributed by atoms with Crippen LogP contribution < -0.4 is 10.6 Å². The van der Waals surface area contributed by atoms with Gasteiger partial charge >= 0.3 is 0 Å². The highest BCUT2D eigenvalue weighted by Gasteiger charge is 2.10. The predicted octanol–water partition coefficient (Wildman–Crippen LogP) is 0.207. The molecule has 14 heavy (non-hydrogen) atoms. The van der Waals surface area contributed by atoms with Crippen LogP contribution in [-0.4, -0.2) is 24.2 Å². The van der Waals surface area contributed by atoms with Crippen molar-refractivity contribution in [2.45, 2.75) is 26.4 Å². The SMILES string of the molecule is CNC(=O)C(C)NCc1cc(C)on1. The molecule has 0 aromatic carbocycles. The van der Waals surface area contributed by atoms with E-state index in [1.54, 1.807) is 14.0 Å². The second-order valence-electron chi connectivity index (χ2n) is 3.15. The molecule has 1 atom stereocenters. The fourth-order valence-corrected chi connectivity index (χ4v) is 1.07. The van der Waals surface area contributed by atoms with Gasteiger partial charge in [0.15, 0.2) is 0 Å². The van der Waals surface area contributed by atoms with Crippen LogP contribution >= 0.6 is 0 Å². The molecule has 5 heteroatoms. The Hall–Kier alpha value is -1.36. The fourth-order valence-electron chi connectivity index (χ4n) is 1.07. The summed E-state index contributed by atoms with van der Waals surface area (Å²) in [6.45, 7) is 4.16. The summed E-state index contributed by atoms with van der Waals surface area (Å²) in [4.78, 5) is 11.1. The Kier molecular flexibility index (Phi) is 3.64. The summed E-state index contributed by atoms with van der Waals surface area (Å²) in [7, 11) is 1.61. The van der Waals surface area contributed by atoms with Gasteiger partial charge in [0.05, 0.1) is 11.7 Å². The lowest BCUT2D eigenvalue weighted by atomic mass is 10.3. The predicted molar refractivity (Wildman–Crippen MR) is 51.6 cm³/mol. The zero-order valence-electron chi connectivity index (χ0n) is 8.63. The average Bonchev–Trinajstić information content (AvgIpc) is 2.59. The molecule has 0 bridgehead atoms. The number of carbonyl (C=O) groups excluding carboxylic acids is 1. The first-order valence-electron chi connectivity index (χ1n) is 4.50. The number of carbonyl (C=O) groups is 1. The molecule has 0 aliphatic carbocycles. The molecule has 0 aliphatic heterocycles. The normalized spacial score (nSPS) is 12.5. The summed E-state index contributed by atoms with van der Waals surface area (Å²) in [5.74, 6) is 0.736. The molecule has 1 amide bonds. The highest BCUT2D eigenvalue weighted by molar-refractivity contribution is 5.80. The number of aryl methyl sites for hydroxylation is 1. The molecule has 1 aromatic heterocycles. The van der Waals surface area contributed by atoms with E-state index in [2.05, 4.69) is 15.8 Å². The third-order valence-corrected chi connectivity index (χ3v) is 1.91. The lowest BCUT2D eigenvalue weighted by Crippen LogP contribution is -2.40. The molecule has 0 spiro atoms. The first-order chi connectivity index (χ1) is 6.63. The molecule has 0 radical (unpaired) electrons. The smallest absolute Gasteiger partial charge is 0.236 e. The molecule has 0 saturated carbocycles. The van der Waals surface area contributed by atoms with E-state index >= 15 is 0 Å². The van der Waals surface area contributed by atoms with Gasteiger partial charge in [-0.1, -0.05) is 5.16 Å². The summed E-state index contributed by atoms with van der Waals surface area (Å²) in [6.07, 6.45) is 0. The Morgan fingerprint density at radius 3 is 2.93 bits per heavy atom. The second kappa shape index (κ2) is 4.76. The average molecular weight is 197 g/mol. The molecular weight excluding hydrogens is 182 g/mol. The summed E-state index contributed by atoms with van der Waals surface area (Å²) in [5.41, 5.74) is 0.804. The van der Waals surface area contributed by atoms with Crippen LogP contribution in [0.4, 0.5) is 0 Å². The minimum Gasteiger partial charge on any atom is -0.361 e. The molecule has 1 aromatic rings. The summed E-state index contributed by atoms with van der Waals surface area (Å²) >= 11 is 0. The molecule has 1 heterocycles. The van der Waals surface area contributed by atoms with E-state index in [9.17, 15) is 4.79 Å². The molecular formula is C9H15N3O2. The van der Waals surface area contributed by atoms with Crippen LogP contribution in [0.1, 0.15) is 18.4 Å². The molecule has 78 valence electrons. The van der Waals surface area contributed by atoms with Crippen LogP contribution in [0.25, 0.3) is 0 Å². The number of amides is 1. The fraction of sp³-hybridized carbons (Fsp3) is 0.556. The van der Waals surface area contributed by atoms with Crippen molar-refractivity contribution in [3.63, 3.8) is 0 Å². The zero-order valence-corrected chi connectivity index (χ0v) is 8.63. The Morgan fingerprint density at radius 1 is 1.71 bits per heavy atom. The van der Waals surface area contributed by atoms with Crippen molar-refractivity contribution >= 4 is 5.91 Å². The van der Waals surface area contributed by atoms with Gasteiger partial charge in [-0.05, 0) is 13.8 Å². The topological polar surface area (TPSA) is 67.2 Å². The number of nitrogens with one attached hydrogen (secondary N) is 2. The van der Waals surface area contributed by atoms with E-state index in [4.69, 9.17) is 4.52 Å². The van der Waals surface area contributed by atoms with E-state index in [1.807, 2.05) is 13.0 Å². The van der Waals surface area contributed by atoms with Gasteiger partial charge in [0.1, 0.15) is 5.76 Å². The van der Waals surface area contributed by atoms with E-state index in [0.717, 1.165) is 11.5 Å². The van der Waals surface area contributed by atoms with E-state index < -0.39 is 0 Å². The maximum Gasteiger partial charge on any atom is 0.236 e. The lowest BCUT2D eigenvalue weighted by Gasteiger charge is -2.10. The molecule has 1 unspecified atom stereocenters. The van der Waals surface area contributed by atoms with Gasteiger partial charge in [0, 0.05) is 19.7 Å². The number of aromatic nitrogens is 1. The number of likely N-dealkylation sites (N-methyl/N-ethyl adjacent to an activating group) is 1. The van der Waals surface area contributed by atoms with Gasteiger partial charge in [0.25, 0.3) is 0 Å². The van der Waals surface area contributed by atoms with Crippen LogP contribution in [0.5, 0.6) is 0 Å². The van der Waals surface area contributed by atoms with E-state index in [0.29, 0.717) is 6.54 Å². The van der Waals surface area contributed by atoms with Crippen molar-refractivity contribution in [3.05, 3.63) is 17.5 Å². The van der Waals surface area contributed by atoms with Crippen molar-refractivity contribution in [3.8, 4) is 0 Å². The molecule has 0 aliphatic rings. The van der Waals surface area contributed by atoms with E-state index in [-0.39, 0.29) is 11.9 Å². The number of hydrogen-bond acceptors (Lipinski definition) is 4. The minimum atomic E-state index is -0.225. The quantitative estimate of drug-likeness (QED) is 0.724. The van der Waals surface area contributed by atoms with Gasteiger partial charge in [-0.2, -0.15) is 0 Å². The highest BCUT2D eigenvalue weighted by Crippen LogP contribution is 2.00. The van der Waals surface area contributed by atoms with Crippen LogP contribution in [0.15, 0.2) is 10.6 Å². The minimum absolute atomic E-state index is 0.0368. The summed E-state index contributed by atoms with van der Waals surface area (Å²) in [6, 6.07) is 1.61. The van der Waals surface area contributed by atoms with Crippen molar-refractivity contribution in [2.24, 2.45) is 0 Å². The first kappa shape index (κ1) is 10.7. The largest absolute Gasteiger partial charge is 0.361 e. The maximum absolute atomic E-state index is 11.1. The number of rotatable bonds is 4. The molecule has 0 saturated heterocycles. The second-order valence-corrected chi connectivity index (χ2v) is 3.15. The van der Waals surface area contributed by atoms with Crippen LogP contribution in [0.3, 0.4) is 0 Å². The van der Waals surface area contributed by atoms with Crippen LogP contribution in [-0.2, 0) is 11.3 Å². The van der Waals surface area contributed by atoms with Crippen molar-refractivity contribution in [1.82, 2.24) is 15.8 Å².